The van der Waals surface area contributed by atoms with E-state index in [4.69, 9.17) is 10.5 Å². The van der Waals surface area contributed by atoms with Crippen LogP contribution in [0, 0.1) is 0 Å². The van der Waals surface area contributed by atoms with Crippen molar-refractivity contribution >= 4 is 0 Å². The van der Waals surface area contributed by atoms with Crippen molar-refractivity contribution in [2.24, 2.45) is 5.73 Å². The van der Waals surface area contributed by atoms with Gasteiger partial charge in [0, 0.05) is 31.6 Å². The molecule has 3 heteroatoms. The Balaban J connectivity index is 1.53. The monoisotopic (exact) mass is 322 g/mol. The Morgan fingerprint density at radius 1 is 0.958 bits per heavy atom. The number of nitrogens with zero attached hydrogens (tertiary/aromatic N) is 1. The summed E-state index contributed by atoms with van der Waals surface area (Å²) in [6.45, 7) is 4.44. The zero-order valence-corrected chi connectivity index (χ0v) is 14.2. The van der Waals surface area contributed by atoms with Gasteiger partial charge in [-0.15, -0.1) is 0 Å². The van der Waals surface area contributed by atoms with Crippen LogP contribution in [0.15, 0.2) is 48.5 Å². The number of hydrogen-bond donors (Lipinski definition) is 1. The number of morpholine rings is 1. The molecule has 0 spiro atoms. The van der Waals surface area contributed by atoms with Gasteiger partial charge in [-0.25, -0.2) is 0 Å². The Labute approximate surface area is 144 Å². The molecule has 0 amide bonds. The van der Waals surface area contributed by atoms with Crippen molar-refractivity contribution in [1.82, 2.24) is 4.90 Å². The molecule has 1 atom stereocenters. The molecule has 126 valence electrons. The molecular formula is C21H26N2O. The number of hydrogen-bond acceptors (Lipinski definition) is 3. The van der Waals surface area contributed by atoms with Crippen LogP contribution in [0.25, 0.3) is 11.1 Å². The van der Waals surface area contributed by atoms with Crippen molar-refractivity contribution in [3.63, 3.8) is 0 Å². The Kier molecular flexibility index (Phi) is 4.65. The minimum Gasteiger partial charge on any atom is -0.379 e. The first-order valence-corrected chi connectivity index (χ1v) is 9.08. The molecule has 1 fully saturated rings. The van der Waals surface area contributed by atoms with E-state index in [1.54, 1.807) is 0 Å². The van der Waals surface area contributed by atoms with E-state index in [0.29, 0.717) is 12.0 Å². The predicted octanol–water partition coefficient (Wildman–Crippen LogP) is 3.24. The van der Waals surface area contributed by atoms with Gasteiger partial charge in [0.2, 0.25) is 0 Å². The quantitative estimate of drug-likeness (QED) is 0.918. The molecule has 1 aliphatic carbocycles. The van der Waals surface area contributed by atoms with Crippen molar-refractivity contribution in [2.45, 2.75) is 24.8 Å². The van der Waals surface area contributed by atoms with Gasteiger partial charge < -0.3 is 10.5 Å². The van der Waals surface area contributed by atoms with Gasteiger partial charge in [-0.2, -0.15) is 0 Å². The van der Waals surface area contributed by atoms with Gasteiger partial charge in [-0.1, -0.05) is 48.5 Å². The molecule has 2 N–H and O–H groups in total. The van der Waals surface area contributed by atoms with Crippen molar-refractivity contribution in [3.8, 4) is 11.1 Å². The molecule has 1 heterocycles. The summed E-state index contributed by atoms with van der Waals surface area (Å²) in [6.07, 6.45) is 2.30. The second kappa shape index (κ2) is 7.06. The average molecular weight is 322 g/mol. The maximum Gasteiger partial charge on any atom is 0.0594 e. The zero-order chi connectivity index (χ0) is 16.4. The lowest BCUT2D eigenvalue weighted by molar-refractivity contribution is 0.0161. The van der Waals surface area contributed by atoms with Crippen LogP contribution in [0.5, 0.6) is 0 Å². The molecule has 1 unspecified atom stereocenters. The lowest BCUT2D eigenvalue weighted by Crippen LogP contribution is -2.47. The predicted molar refractivity (Wildman–Crippen MR) is 98.2 cm³/mol. The molecule has 0 bridgehead atoms. The summed E-state index contributed by atoms with van der Waals surface area (Å²) in [5, 5.41) is 0. The van der Waals surface area contributed by atoms with Gasteiger partial charge in [0.25, 0.3) is 0 Å². The van der Waals surface area contributed by atoms with E-state index < -0.39 is 0 Å². The van der Waals surface area contributed by atoms with Gasteiger partial charge in [0.05, 0.1) is 13.2 Å². The molecule has 0 radical (unpaired) electrons. The second-order valence-electron chi connectivity index (χ2n) is 6.84. The minimum atomic E-state index is 0.467. The molecule has 0 saturated carbocycles. The molecule has 24 heavy (non-hydrogen) atoms. The maximum atomic E-state index is 6.10. The molecule has 2 aromatic rings. The standard InChI is InChI=1S/C21H26N2O/c22-15-16(23-11-13-24-14-12-23)9-10-21-19-7-3-1-5-17(19)18-6-2-4-8-20(18)21/h1-8,16,21H,9-15,22H2. The average Bonchev–Trinajstić information content (AvgIpc) is 2.97. The Morgan fingerprint density at radius 2 is 1.54 bits per heavy atom. The van der Waals surface area contributed by atoms with Gasteiger partial charge in [-0.05, 0) is 35.1 Å². The van der Waals surface area contributed by atoms with Crippen molar-refractivity contribution in [2.75, 3.05) is 32.8 Å². The summed E-state index contributed by atoms with van der Waals surface area (Å²) < 4.78 is 5.48. The van der Waals surface area contributed by atoms with Crippen LogP contribution in [0.1, 0.15) is 29.9 Å². The Hall–Kier alpha value is -1.68. The summed E-state index contributed by atoms with van der Waals surface area (Å²) in [4.78, 5) is 2.51. The molecular weight excluding hydrogens is 296 g/mol. The fourth-order valence-electron chi connectivity index (χ4n) is 4.32. The highest BCUT2D eigenvalue weighted by atomic mass is 16.5. The van der Waals surface area contributed by atoms with Crippen molar-refractivity contribution < 1.29 is 4.74 Å². The van der Waals surface area contributed by atoms with E-state index in [2.05, 4.69) is 53.4 Å². The topological polar surface area (TPSA) is 38.5 Å². The lowest BCUT2D eigenvalue weighted by atomic mass is 9.90. The van der Waals surface area contributed by atoms with Crippen LogP contribution < -0.4 is 5.73 Å². The van der Waals surface area contributed by atoms with Crippen molar-refractivity contribution in [1.29, 1.82) is 0 Å². The summed E-state index contributed by atoms with van der Waals surface area (Å²) >= 11 is 0. The Bertz CT molecular complexity index is 648. The second-order valence-corrected chi connectivity index (χ2v) is 6.84. The molecule has 2 aromatic carbocycles. The van der Waals surface area contributed by atoms with E-state index >= 15 is 0 Å². The first kappa shape index (κ1) is 15.8. The number of nitrogens with two attached hydrogens (primary N) is 1. The van der Waals surface area contributed by atoms with Crippen molar-refractivity contribution in [3.05, 3.63) is 59.7 Å². The van der Waals surface area contributed by atoms with E-state index in [9.17, 15) is 0 Å². The smallest absolute Gasteiger partial charge is 0.0594 e. The summed E-state index contributed by atoms with van der Waals surface area (Å²) in [5.41, 5.74) is 11.9. The molecule has 4 rings (SSSR count). The van der Waals surface area contributed by atoms with E-state index in [0.717, 1.165) is 45.7 Å². The summed E-state index contributed by atoms with van der Waals surface area (Å²) in [5.74, 6) is 0.507. The number of ether oxygens (including phenoxy) is 1. The fraction of sp³-hybridized carbons (Fsp3) is 0.429. The van der Waals surface area contributed by atoms with Crippen LogP contribution >= 0.6 is 0 Å². The van der Waals surface area contributed by atoms with Crippen LogP contribution in [0.3, 0.4) is 0 Å². The van der Waals surface area contributed by atoms with Gasteiger partial charge in [0.15, 0.2) is 0 Å². The molecule has 3 nitrogen and oxygen atoms in total. The molecule has 2 aliphatic rings. The SMILES string of the molecule is NCC(CCC1c2ccccc2-c2ccccc21)N1CCOCC1. The third-order valence-electron chi connectivity index (χ3n) is 5.59. The first-order chi connectivity index (χ1) is 11.9. The normalized spacial score (nSPS) is 19.0. The number of benzene rings is 2. The highest BCUT2D eigenvalue weighted by Crippen LogP contribution is 2.46. The van der Waals surface area contributed by atoms with Crippen LogP contribution in [0.4, 0.5) is 0 Å². The van der Waals surface area contributed by atoms with Crippen LogP contribution in [0.2, 0.25) is 0 Å². The number of rotatable bonds is 5. The van der Waals surface area contributed by atoms with E-state index in [1.807, 2.05) is 0 Å². The number of fused-ring (bicyclic) bond motifs is 3. The lowest BCUT2D eigenvalue weighted by Gasteiger charge is -2.34. The molecule has 1 aliphatic heterocycles. The third-order valence-corrected chi connectivity index (χ3v) is 5.59. The summed E-state index contributed by atoms with van der Waals surface area (Å²) in [7, 11) is 0. The fourth-order valence-corrected chi connectivity index (χ4v) is 4.32. The van der Waals surface area contributed by atoms with Crippen LogP contribution in [-0.2, 0) is 4.74 Å². The van der Waals surface area contributed by atoms with Gasteiger partial charge in [-0.3, -0.25) is 4.90 Å². The maximum absolute atomic E-state index is 6.10. The third kappa shape index (κ3) is 2.88. The molecule has 1 saturated heterocycles. The van der Waals surface area contributed by atoms with Gasteiger partial charge >= 0.3 is 0 Å². The highest BCUT2D eigenvalue weighted by Gasteiger charge is 2.29. The first-order valence-electron chi connectivity index (χ1n) is 9.08. The highest BCUT2D eigenvalue weighted by molar-refractivity contribution is 5.78. The Morgan fingerprint density at radius 3 is 2.12 bits per heavy atom. The van der Waals surface area contributed by atoms with E-state index in [1.165, 1.54) is 22.3 Å². The van der Waals surface area contributed by atoms with Gasteiger partial charge in [0.1, 0.15) is 0 Å². The molecule has 0 aromatic heterocycles. The van der Waals surface area contributed by atoms with Crippen LogP contribution in [-0.4, -0.2) is 43.8 Å². The zero-order valence-electron chi connectivity index (χ0n) is 14.2. The summed E-state index contributed by atoms with van der Waals surface area (Å²) in [6, 6.07) is 18.2. The minimum absolute atomic E-state index is 0.467. The largest absolute Gasteiger partial charge is 0.379 e. The van der Waals surface area contributed by atoms with E-state index in [-0.39, 0.29) is 0 Å².